The van der Waals surface area contributed by atoms with Crippen LogP contribution in [0.3, 0.4) is 0 Å². The van der Waals surface area contributed by atoms with Crippen LogP contribution in [0.4, 0.5) is 5.69 Å². The van der Waals surface area contributed by atoms with Crippen molar-refractivity contribution < 1.29 is 9.53 Å². The molecule has 1 heterocycles. The first-order valence-corrected chi connectivity index (χ1v) is 6.94. The highest BCUT2D eigenvalue weighted by atomic mass is 16.5. The van der Waals surface area contributed by atoms with Crippen molar-refractivity contribution in [2.24, 2.45) is 5.73 Å². The summed E-state index contributed by atoms with van der Waals surface area (Å²) < 4.78 is 5.34. The maximum Gasteiger partial charge on any atom is 0.251 e. The van der Waals surface area contributed by atoms with Crippen molar-refractivity contribution in [2.75, 3.05) is 38.8 Å². The Morgan fingerprint density at radius 3 is 2.40 bits per heavy atom. The van der Waals surface area contributed by atoms with Gasteiger partial charge in [0, 0.05) is 45.1 Å². The number of hydrogen-bond acceptors (Lipinski definition) is 4. The second kappa shape index (κ2) is 6.24. The van der Waals surface area contributed by atoms with Gasteiger partial charge in [0.1, 0.15) is 0 Å². The van der Waals surface area contributed by atoms with E-state index in [4.69, 9.17) is 10.5 Å². The van der Waals surface area contributed by atoms with Crippen LogP contribution in [0.1, 0.15) is 23.2 Å². The van der Waals surface area contributed by atoms with Crippen molar-refractivity contribution in [2.45, 2.75) is 18.4 Å². The number of nitrogens with two attached hydrogens (primary N) is 1. The largest absolute Gasteiger partial charge is 0.381 e. The second-order valence-corrected chi connectivity index (χ2v) is 5.49. The summed E-state index contributed by atoms with van der Waals surface area (Å²) in [5.74, 6) is -0.0670. The van der Waals surface area contributed by atoms with Gasteiger partial charge in [-0.15, -0.1) is 0 Å². The lowest BCUT2D eigenvalue weighted by Gasteiger charge is -2.37. The van der Waals surface area contributed by atoms with Crippen LogP contribution < -0.4 is 16.0 Å². The Bertz CT molecular complexity index is 451. The molecule has 1 aliphatic heterocycles. The molecule has 3 N–H and O–H groups in total. The maximum absolute atomic E-state index is 12.3. The lowest BCUT2D eigenvalue weighted by atomic mass is 9.89. The molecule has 20 heavy (non-hydrogen) atoms. The number of rotatable bonds is 4. The molecular formula is C15H23N3O2. The first-order chi connectivity index (χ1) is 9.56. The van der Waals surface area contributed by atoms with E-state index < -0.39 is 0 Å². The van der Waals surface area contributed by atoms with E-state index >= 15 is 0 Å². The number of hydrogen-bond donors (Lipinski definition) is 2. The van der Waals surface area contributed by atoms with E-state index in [0.29, 0.717) is 25.3 Å². The lowest BCUT2D eigenvalue weighted by molar-refractivity contribution is 0.0388. The normalized spacial score (nSPS) is 17.6. The fourth-order valence-electron chi connectivity index (χ4n) is 2.37. The van der Waals surface area contributed by atoms with Crippen LogP contribution in [0.15, 0.2) is 24.3 Å². The molecule has 1 aliphatic rings. The molecular weight excluding hydrogens is 254 g/mol. The summed E-state index contributed by atoms with van der Waals surface area (Å²) in [6, 6.07) is 7.56. The number of amides is 1. The van der Waals surface area contributed by atoms with Crippen molar-refractivity contribution in [3.63, 3.8) is 0 Å². The monoisotopic (exact) mass is 277 g/mol. The van der Waals surface area contributed by atoms with E-state index in [1.165, 1.54) is 0 Å². The molecule has 110 valence electrons. The topological polar surface area (TPSA) is 67.6 Å². The van der Waals surface area contributed by atoms with Gasteiger partial charge < -0.3 is 20.7 Å². The molecule has 1 amide bonds. The van der Waals surface area contributed by atoms with Gasteiger partial charge in [-0.05, 0) is 37.1 Å². The summed E-state index contributed by atoms with van der Waals surface area (Å²) in [6.45, 7) is 1.74. The molecule has 0 spiro atoms. The lowest BCUT2D eigenvalue weighted by Crippen LogP contribution is -2.56. The summed E-state index contributed by atoms with van der Waals surface area (Å²) in [5.41, 5.74) is 7.26. The van der Waals surface area contributed by atoms with Gasteiger partial charge in [0.15, 0.2) is 0 Å². The Balaban J connectivity index is 2.06. The highest BCUT2D eigenvalue weighted by Crippen LogP contribution is 2.20. The molecule has 2 rings (SSSR count). The number of benzene rings is 1. The average Bonchev–Trinajstić information content (AvgIpc) is 2.48. The zero-order chi connectivity index (χ0) is 14.6. The fourth-order valence-corrected chi connectivity index (χ4v) is 2.37. The van der Waals surface area contributed by atoms with E-state index in [1.54, 1.807) is 0 Å². The van der Waals surface area contributed by atoms with Crippen molar-refractivity contribution >= 4 is 11.6 Å². The summed E-state index contributed by atoms with van der Waals surface area (Å²) in [6.07, 6.45) is 1.54. The maximum atomic E-state index is 12.3. The predicted molar refractivity (Wildman–Crippen MR) is 80.1 cm³/mol. The second-order valence-electron chi connectivity index (χ2n) is 5.49. The van der Waals surface area contributed by atoms with E-state index in [2.05, 4.69) is 5.32 Å². The molecule has 1 aromatic carbocycles. The number of ether oxygens (including phenoxy) is 1. The molecule has 0 bridgehead atoms. The molecule has 0 aromatic heterocycles. The number of carbonyl (C=O) groups excluding carboxylic acids is 1. The fraction of sp³-hybridized carbons (Fsp3) is 0.533. The Labute approximate surface area is 120 Å². The minimum atomic E-state index is -0.324. The Kier molecular flexibility index (Phi) is 4.62. The van der Waals surface area contributed by atoms with Crippen LogP contribution in [0, 0.1) is 0 Å². The average molecular weight is 277 g/mol. The molecule has 0 aliphatic carbocycles. The van der Waals surface area contributed by atoms with Crippen LogP contribution in [0.25, 0.3) is 0 Å². The highest BCUT2D eigenvalue weighted by molar-refractivity contribution is 5.95. The first kappa shape index (κ1) is 14.8. The molecule has 0 saturated carbocycles. The molecule has 5 nitrogen and oxygen atoms in total. The van der Waals surface area contributed by atoms with E-state index in [0.717, 1.165) is 18.5 Å². The standard InChI is InChI=1S/C15H23N3O2/c1-18(2)13-5-3-12(4-6-13)14(19)17-15(11-16)7-9-20-10-8-15/h3-6H,7-11,16H2,1-2H3,(H,17,19). The third-order valence-electron chi connectivity index (χ3n) is 3.87. The van der Waals surface area contributed by atoms with Crippen molar-refractivity contribution in [1.29, 1.82) is 0 Å². The van der Waals surface area contributed by atoms with E-state index in [-0.39, 0.29) is 11.4 Å². The van der Waals surface area contributed by atoms with Crippen molar-refractivity contribution in [3.8, 4) is 0 Å². The van der Waals surface area contributed by atoms with Gasteiger partial charge in [-0.1, -0.05) is 0 Å². The van der Waals surface area contributed by atoms with Crippen molar-refractivity contribution in [1.82, 2.24) is 5.32 Å². The van der Waals surface area contributed by atoms with Crippen LogP contribution in [0.5, 0.6) is 0 Å². The molecule has 0 atom stereocenters. The van der Waals surface area contributed by atoms with E-state index in [9.17, 15) is 4.79 Å². The van der Waals surface area contributed by atoms with Gasteiger partial charge >= 0.3 is 0 Å². The Morgan fingerprint density at radius 1 is 1.30 bits per heavy atom. The van der Waals surface area contributed by atoms with E-state index in [1.807, 2.05) is 43.3 Å². The molecule has 0 radical (unpaired) electrons. The summed E-state index contributed by atoms with van der Waals surface area (Å²) in [7, 11) is 3.95. The van der Waals surface area contributed by atoms with Crippen molar-refractivity contribution in [3.05, 3.63) is 29.8 Å². The number of nitrogens with zero attached hydrogens (tertiary/aromatic N) is 1. The Morgan fingerprint density at radius 2 is 1.90 bits per heavy atom. The van der Waals surface area contributed by atoms with Gasteiger partial charge in [-0.25, -0.2) is 0 Å². The summed E-state index contributed by atoms with van der Waals surface area (Å²) >= 11 is 0. The quantitative estimate of drug-likeness (QED) is 0.861. The number of anilines is 1. The predicted octanol–water partition coefficient (Wildman–Crippen LogP) is 0.990. The van der Waals surface area contributed by atoms with Gasteiger partial charge in [-0.3, -0.25) is 4.79 Å². The minimum absolute atomic E-state index is 0.0670. The van der Waals surface area contributed by atoms with Gasteiger partial charge in [-0.2, -0.15) is 0 Å². The summed E-state index contributed by atoms with van der Waals surface area (Å²) in [4.78, 5) is 14.3. The molecule has 0 unspecified atom stereocenters. The zero-order valence-electron chi connectivity index (χ0n) is 12.2. The SMILES string of the molecule is CN(C)c1ccc(C(=O)NC2(CN)CCOCC2)cc1. The zero-order valence-corrected chi connectivity index (χ0v) is 12.2. The van der Waals surface area contributed by atoms with Crippen LogP contribution in [-0.4, -0.2) is 45.3 Å². The molecule has 1 fully saturated rings. The minimum Gasteiger partial charge on any atom is -0.381 e. The molecule has 1 saturated heterocycles. The third kappa shape index (κ3) is 3.29. The van der Waals surface area contributed by atoms with Gasteiger partial charge in [0.2, 0.25) is 0 Å². The van der Waals surface area contributed by atoms with Crippen LogP contribution in [-0.2, 0) is 4.74 Å². The number of nitrogens with one attached hydrogen (secondary N) is 1. The highest BCUT2D eigenvalue weighted by Gasteiger charge is 2.32. The van der Waals surface area contributed by atoms with Crippen LogP contribution in [0.2, 0.25) is 0 Å². The van der Waals surface area contributed by atoms with Crippen LogP contribution >= 0.6 is 0 Å². The number of carbonyl (C=O) groups is 1. The summed E-state index contributed by atoms with van der Waals surface area (Å²) in [5, 5.41) is 3.09. The third-order valence-corrected chi connectivity index (χ3v) is 3.87. The first-order valence-electron chi connectivity index (χ1n) is 6.94. The smallest absolute Gasteiger partial charge is 0.251 e. The Hall–Kier alpha value is -1.59. The molecule has 5 heteroatoms. The van der Waals surface area contributed by atoms with Gasteiger partial charge in [0.05, 0.1) is 5.54 Å². The molecule has 1 aromatic rings. The van der Waals surface area contributed by atoms with Gasteiger partial charge in [0.25, 0.3) is 5.91 Å².